The van der Waals surface area contributed by atoms with E-state index in [4.69, 9.17) is 9.47 Å². The number of imide groups is 1. The minimum Gasteiger partial charge on any atom is -0.493 e. The number of aryl methyl sites for hydroxylation is 1. The third-order valence-electron chi connectivity index (χ3n) is 6.05. The smallest absolute Gasteiger partial charge is 0.344 e. The maximum absolute atomic E-state index is 13.1. The summed E-state index contributed by atoms with van der Waals surface area (Å²) in [5.41, 5.74) is 2.99. The first kappa shape index (κ1) is 25.8. The van der Waals surface area contributed by atoms with Crippen LogP contribution >= 0.6 is 27.7 Å². The SMILES string of the molecule is COc1cc(/C=C2\SC(=O)N(Cc3cccc(C)c3)C2=O)cc(Br)c1OC(=O)c1cccc2ccccc12. The fourth-order valence-electron chi connectivity index (χ4n) is 4.25. The summed E-state index contributed by atoms with van der Waals surface area (Å²) < 4.78 is 11.7. The van der Waals surface area contributed by atoms with E-state index in [0.717, 1.165) is 33.7 Å². The Morgan fingerprint density at radius 2 is 1.76 bits per heavy atom. The lowest BCUT2D eigenvalue weighted by Gasteiger charge is -2.14. The molecule has 0 saturated carbocycles. The molecule has 0 spiro atoms. The fourth-order valence-corrected chi connectivity index (χ4v) is 5.63. The molecule has 0 N–H and O–H groups in total. The molecule has 0 unspecified atom stereocenters. The second kappa shape index (κ2) is 10.8. The third-order valence-corrected chi connectivity index (χ3v) is 7.55. The number of halogens is 1. The zero-order chi connectivity index (χ0) is 26.8. The minimum atomic E-state index is -0.522. The van der Waals surface area contributed by atoms with Crippen LogP contribution in [0.2, 0.25) is 0 Å². The number of esters is 1. The Kier molecular flexibility index (Phi) is 7.35. The molecule has 4 aromatic carbocycles. The quantitative estimate of drug-likeness (QED) is 0.133. The molecule has 4 aromatic rings. The van der Waals surface area contributed by atoms with Crippen LogP contribution in [0, 0.1) is 6.92 Å². The van der Waals surface area contributed by atoms with Crippen molar-refractivity contribution in [2.75, 3.05) is 7.11 Å². The predicted molar refractivity (Wildman–Crippen MR) is 152 cm³/mol. The van der Waals surface area contributed by atoms with Crippen molar-refractivity contribution in [3.8, 4) is 11.5 Å². The van der Waals surface area contributed by atoms with E-state index in [1.54, 1.807) is 30.3 Å². The molecule has 190 valence electrons. The highest BCUT2D eigenvalue weighted by molar-refractivity contribution is 9.10. The average Bonchev–Trinajstić information content (AvgIpc) is 3.16. The molecule has 1 aliphatic rings. The van der Waals surface area contributed by atoms with Crippen molar-refractivity contribution < 1.29 is 23.9 Å². The summed E-state index contributed by atoms with van der Waals surface area (Å²) in [5.74, 6) is -0.359. The largest absolute Gasteiger partial charge is 0.493 e. The van der Waals surface area contributed by atoms with E-state index in [2.05, 4.69) is 15.9 Å². The van der Waals surface area contributed by atoms with Crippen molar-refractivity contribution in [1.82, 2.24) is 4.90 Å². The Morgan fingerprint density at radius 1 is 1.00 bits per heavy atom. The molecule has 8 heteroatoms. The first-order valence-electron chi connectivity index (χ1n) is 11.7. The van der Waals surface area contributed by atoms with Gasteiger partial charge in [0.05, 0.1) is 28.6 Å². The van der Waals surface area contributed by atoms with Crippen LogP contribution in [0.25, 0.3) is 16.8 Å². The van der Waals surface area contributed by atoms with Crippen molar-refractivity contribution in [3.05, 3.63) is 110 Å². The van der Waals surface area contributed by atoms with E-state index >= 15 is 0 Å². The Morgan fingerprint density at radius 3 is 2.55 bits per heavy atom. The monoisotopic (exact) mass is 587 g/mol. The highest BCUT2D eigenvalue weighted by Gasteiger charge is 2.35. The minimum absolute atomic E-state index is 0.208. The Labute approximate surface area is 232 Å². The third kappa shape index (κ3) is 5.23. The number of nitrogens with zero attached hydrogens (tertiary/aromatic N) is 1. The van der Waals surface area contributed by atoms with E-state index < -0.39 is 5.97 Å². The van der Waals surface area contributed by atoms with Crippen molar-refractivity contribution in [2.24, 2.45) is 0 Å². The van der Waals surface area contributed by atoms with Crippen LogP contribution < -0.4 is 9.47 Å². The molecule has 5 rings (SSSR count). The van der Waals surface area contributed by atoms with Gasteiger partial charge in [0, 0.05) is 0 Å². The first-order valence-corrected chi connectivity index (χ1v) is 13.3. The molecular weight excluding hydrogens is 566 g/mol. The number of benzene rings is 4. The Bertz CT molecular complexity index is 1630. The number of hydrogen-bond acceptors (Lipinski definition) is 6. The van der Waals surface area contributed by atoms with Gasteiger partial charge < -0.3 is 9.47 Å². The number of hydrogen-bond donors (Lipinski definition) is 0. The van der Waals surface area contributed by atoms with E-state index in [1.807, 2.05) is 61.5 Å². The summed E-state index contributed by atoms with van der Waals surface area (Å²) in [6.07, 6.45) is 1.63. The van der Waals surface area contributed by atoms with Crippen LogP contribution in [-0.4, -0.2) is 29.1 Å². The van der Waals surface area contributed by atoms with Crippen molar-refractivity contribution in [2.45, 2.75) is 13.5 Å². The van der Waals surface area contributed by atoms with Gasteiger partial charge >= 0.3 is 5.97 Å². The van der Waals surface area contributed by atoms with Crippen LogP contribution in [0.5, 0.6) is 11.5 Å². The van der Waals surface area contributed by atoms with Gasteiger partial charge in [-0.25, -0.2) is 4.79 Å². The molecule has 0 aliphatic carbocycles. The van der Waals surface area contributed by atoms with Gasteiger partial charge in [0.1, 0.15) is 0 Å². The Balaban J connectivity index is 1.40. The molecular formula is C30H22BrNO5S. The van der Waals surface area contributed by atoms with Crippen LogP contribution in [0.1, 0.15) is 27.0 Å². The number of methoxy groups -OCH3 is 1. The summed E-state index contributed by atoms with van der Waals surface area (Å²) in [6.45, 7) is 2.17. The molecule has 1 saturated heterocycles. The normalized spacial score (nSPS) is 14.4. The molecule has 38 heavy (non-hydrogen) atoms. The highest BCUT2D eigenvalue weighted by Crippen LogP contribution is 2.40. The highest BCUT2D eigenvalue weighted by atomic mass is 79.9. The first-order chi connectivity index (χ1) is 18.3. The van der Waals surface area contributed by atoms with Crippen molar-refractivity contribution in [1.29, 1.82) is 0 Å². The molecule has 1 fully saturated rings. The van der Waals surface area contributed by atoms with Crippen LogP contribution in [0.4, 0.5) is 4.79 Å². The van der Waals surface area contributed by atoms with Gasteiger partial charge in [-0.05, 0) is 80.8 Å². The summed E-state index contributed by atoms with van der Waals surface area (Å²) in [4.78, 5) is 40.3. The average molecular weight is 588 g/mol. The number of carbonyl (C=O) groups excluding carboxylic acids is 3. The zero-order valence-electron chi connectivity index (χ0n) is 20.6. The van der Waals surface area contributed by atoms with Gasteiger partial charge in [0.15, 0.2) is 11.5 Å². The Hall–Kier alpha value is -3.88. The van der Waals surface area contributed by atoms with E-state index in [0.29, 0.717) is 26.3 Å². The topological polar surface area (TPSA) is 72.9 Å². The number of fused-ring (bicyclic) bond motifs is 1. The lowest BCUT2D eigenvalue weighted by Crippen LogP contribution is -2.27. The van der Waals surface area contributed by atoms with E-state index in [-0.39, 0.29) is 23.4 Å². The molecule has 0 aromatic heterocycles. The molecule has 0 radical (unpaired) electrons. The number of rotatable bonds is 6. The molecule has 0 atom stereocenters. The second-order valence-electron chi connectivity index (χ2n) is 8.71. The van der Waals surface area contributed by atoms with Crippen molar-refractivity contribution in [3.63, 3.8) is 0 Å². The van der Waals surface area contributed by atoms with E-state index in [9.17, 15) is 14.4 Å². The number of ether oxygens (including phenoxy) is 2. The number of carbonyl (C=O) groups is 3. The second-order valence-corrected chi connectivity index (χ2v) is 10.6. The summed E-state index contributed by atoms with van der Waals surface area (Å²) in [7, 11) is 1.47. The van der Waals surface area contributed by atoms with Gasteiger partial charge in [-0.2, -0.15) is 0 Å². The number of amides is 2. The van der Waals surface area contributed by atoms with Gasteiger partial charge in [0.25, 0.3) is 11.1 Å². The van der Waals surface area contributed by atoms with Gasteiger partial charge in [0.2, 0.25) is 0 Å². The molecule has 2 amide bonds. The summed E-state index contributed by atoms with van der Waals surface area (Å²) in [6, 6.07) is 24.1. The van der Waals surface area contributed by atoms with Crippen LogP contribution in [0.15, 0.2) is 88.2 Å². The zero-order valence-corrected chi connectivity index (χ0v) is 23.0. The summed E-state index contributed by atoms with van der Waals surface area (Å²) >= 11 is 4.36. The lowest BCUT2D eigenvalue weighted by molar-refractivity contribution is -0.123. The maximum Gasteiger partial charge on any atom is 0.344 e. The maximum atomic E-state index is 13.1. The van der Waals surface area contributed by atoms with Gasteiger partial charge in [-0.15, -0.1) is 0 Å². The molecule has 6 nitrogen and oxygen atoms in total. The lowest BCUT2D eigenvalue weighted by atomic mass is 10.0. The van der Waals surface area contributed by atoms with Crippen LogP contribution in [0.3, 0.4) is 0 Å². The van der Waals surface area contributed by atoms with Crippen molar-refractivity contribution >= 4 is 61.7 Å². The molecule has 1 heterocycles. The number of thioether (sulfide) groups is 1. The van der Waals surface area contributed by atoms with Gasteiger partial charge in [-0.1, -0.05) is 66.2 Å². The van der Waals surface area contributed by atoms with E-state index in [1.165, 1.54) is 12.0 Å². The predicted octanol–water partition coefficient (Wildman–Crippen LogP) is 7.38. The van der Waals surface area contributed by atoms with Gasteiger partial charge in [-0.3, -0.25) is 14.5 Å². The fraction of sp³-hybridized carbons (Fsp3) is 0.100. The standard InChI is InChI=1S/C30H22BrNO5S/c1-18-7-5-8-19(13-18)17-32-28(33)26(38-30(32)35)16-20-14-24(31)27(25(15-20)36-2)37-29(34)23-12-6-10-21-9-3-4-11-22(21)23/h3-16H,17H2,1-2H3/b26-16-. The summed E-state index contributed by atoms with van der Waals surface area (Å²) in [5, 5.41) is 1.39. The van der Waals surface area contributed by atoms with Crippen LogP contribution in [-0.2, 0) is 11.3 Å². The molecule has 1 aliphatic heterocycles. The molecule has 0 bridgehead atoms.